The van der Waals surface area contributed by atoms with Crippen LogP contribution in [-0.2, 0) is 10.0 Å². The molecule has 1 aromatic rings. The highest BCUT2D eigenvalue weighted by Gasteiger charge is 2.29. The van der Waals surface area contributed by atoms with Crippen LogP contribution >= 0.6 is 12.4 Å². The molecule has 0 atom stereocenters. The summed E-state index contributed by atoms with van der Waals surface area (Å²) in [5.74, 6) is -3.60. The third kappa shape index (κ3) is 5.48. The van der Waals surface area contributed by atoms with E-state index in [0.717, 1.165) is 0 Å². The molecule has 0 aliphatic carbocycles. The van der Waals surface area contributed by atoms with Crippen LogP contribution in [0.2, 0.25) is 0 Å². The molecule has 1 rings (SSSR count). The lowest BCUT2D eigenvalue weighted by molar-refractivity contribution is 0.0170. The third-order valence-corrected chi connectivity index (χ3v) is 4.05. The Kier molecular flexibility index (Phi) is 7.36. The molecule has 0 aliphatic heterocycles. The number of rotatable bonds is 6. The Hall–Kier alpha value is -1.29. The van der Waals surface area contributed by atoms with Gasteiger partial charge < -0.3 is 10.6 Å². The number of nitrogens with two attached hydrogens (primary N) is 1. The van der Waals surface area contributed by atoms with Gasteiger partial charge in [0.1, 0.15) is 0 Å². The maximum Gasteiger partial charge on any atom is 0.273 e. The van der Waals surface area contributed by atoms with Crippen LogP contribution in [0.3, 0.4) is 0 Å². The molecule has 0 saturated carbocycles. The summed E-state index contributed by atoms with van der Waals surface area (Å²) < 4.78 is 51.4. The van der Waals surface area contributed by atoms with Crippen LogP contribution in [0.5, 0.6) is 0 Å². The van der Waals surface area contributed by atoms with E-state index >= 15 is 0 Å². The third-order valence-electron chi connectivity index (χ3n) is 2.64. The number of benzene rings is 1. The molecule has 3 N–H and O–H groups in total. The number of halogens is 3. The van der Waals surface area contributed by atoms with Gasteiger partial charge in [-0.15, -0.1) is 12.4 Å². The summed E-state index contributed by atoms with van der Waals surface area (Å²) in [6, 6.07) is 5.00. The van der Waals surface area contributed by atoms with Gasteiger partial charge in [-0.3, -0.25) is 4.79 Å². The number of alkyl halides is 2. The zero-order chi connectivity index (χ0) is 16.3. The first-order valence-corrected chi connectivity index (χ1v) is 7.47. The fraction of sp³-hybridized carbons (Fsp3) is 0.417. The largest absolute Gasteiger partial charge is 0.345 e. The number of carbonyl (C=O) groups is 1. The number of nitrogens with zero attached hydrogens (tertiary/aromatic N) is 1. The van der Waals surface area contributed by atoms with Crippen molar-refractivity contribution < 1.29 is 22.0 Å². The molecule has 0 saturated heterocycles. The van der Waals surface area contributed by atoms with E-state index in [0.29, 0.717) is 5.56 Å². The first-order valence-electron chi connectivity index (χ1n) is 5.98. The van der Waals surface area contributed by atoms with Crippen molar-refractivity contribution in [1.82, 2.24) is 9.62 Å². The summed E-state index contributed by atoms with van der Waals surface area (Å²) >= 11 is 0. The Morgan fingerprint density at radius 1 is 1.27 bits per heavy atom. The van der Waals surface area contributed by atoms with Crippen LogP contribution in [0, 0.1) is 0 Å². The molecule has 10 heteroatoms. The Balaban J connectivity index is 0.00000441. The molecule has 6 nitrogen and oxygen atoms in total. The normalized spacial score (nSPS) is 11.7. The topological polar surface area (TPSA) is 92.5 Å². The van der Waals surface area contributed by atoms with Gasteiger partial charge in [0.25, 0.3) is 11.8 Å². The van der Waals surface area contributed by atoms with E-state index in [1.807, 2.05) is 0 Å². The van der Waals surface area contributed by atoms with Crippen molar-refractivity contribution in [2.45, 2.75) is 10.8 Å². The van der Waals surface area contributed by atoms with Crippen molar-refractivity contribution in [2.75, 3.05) is 27.2 Å². The fourth-order valence-corrected chi connectivity index (χ4v) is 2.45. The van der Waals surface area contributed by atoms with Crippen LogP contribution in [0.15, 0.2) is 29.2 Å². The van der Waals surface area contributed by atoms with Gasteiger partial charge in [0.15, 0.2) is 0 Å². The fourth-order valence-electron chi connectivity index (χ4n) is 1.39. The smallest absolute Gasteiger partial charge is 0.273 e. The quantitative estimate of drug-likeness (QED) is 0.783. The summed E-state index contributed by atoms with van der Waals surface area (Å²) in [6.07, 6.45) is 0. The zero-order valence-corrected chi connectivity index (χ0v) is 13.7. The molecule has 0 heterocycles. The van der Waals surface area contributed by atoms with Crippen molar-refractivity contribution in [3.63, 3.8) is 0 Å². The molecular formula is C12H18ClF2N3O3S. The molecule has 0 aromatic heterocycles. The molecule has 0 radical (unpaired) electrons. The van der Waals surface area contributed by atoms with Crippen molar-refractivity contribution in [1.29, 1.82) is 0 Å². The van der Waals surface area contributed by atoms with Gasteiger partial charge in [-0.2, -0.15) is 0 Å². The minimum atomic E-state index is -4.08. The van der Waals surface area contributed by atoms with Gasteiger partial charge in [0.05, 0.1) is 18.0 Å². The summed E-state index contributed by atoms with van der Waals surface area (Å²) in [5, 5.41) is 0. The van der Waals surface area contributed by atoms with Gasteiger partial charge in [-0.25, -0.2) is 21.9 Å². The monoisotopic (exact) mass is 357 g/mol. The second kappa shape index (κ2) is 7.82. The van der Waals surface area contributed by atoms with Crippen LogP contribution in [0.4, 0.5) is 8.78 Å². The molecule has 22 heavy (non-hydrogen) atoms. The highest BCUT2D eigenvalue weighted by atomic mass is 35.5. The number of nitrogens with one attached hydrogen (secondary N) is 1. The molecule has 0 fully saturated rings. The van der Waals surface area contributed by atoms with Gasteiger partial charge in [-0.05, 0) is 24.3 Å². The SMILES string of the molecule is CN(C)C(=O)c1ccc(S(=O)(=O)NCC(F)(F)CN)cc1.Cl. The van der Waals surface area contributed by atoms with Crippen LogP contribution < -0.4 is 10.5 Å². The molecular weight excluding hydrogens is 340 g/mol. The average Bonchev–Trinajstić information content (AvgIpc) is 2.44. The van der Waals surface area contributed by atoms with Crippen LogP contribution in [-0.4, -0.2) is 52.3 Å². The minimum Gasteiger partial charge on any atom is -0.345 e. The number of carbonyl (C=O) groups excluding carboxylic acids is 1. The molecule has 1 amide bonds. The van der Waals surface area contributed by atoms with E-state index in [4.69, 9.17) is 5.73 Å². The molecule has 0 bridgehead atoms. The zero-order valence-electron chi connectivity index (χ0n) is 12.0. The molecule has 0 unspecified atom stereocenters. The van der Waals surface area contributed by atoms with Gasteiger partial charge >= 0.3 is 0 Å². The Morgan fingerprint density at radius 3 is 2.18 bits per heavy atom. The molecule has 126 valence electrons. The maximum absolute atomic E-state index is 13.0. The van der Waals surface area contributed by atoms with E-state index in [2.05, 4.69) is 0 Å². The number of hydrogen-bond acceptors (Lipinski definition) is 4. The predicted molar refractivity (Wildman–Crippen MR) is 80.9 cm³/mol. The van der Waals surface area contributed by atoms with Crippen molar-refractivity contribution in [3.8, 4) is 0 Å². The highest BCUT2D eigenvalue weighted by molar-refractivity contribution is 7.89. The Morgan fingerprint density at radius 2 is 1.77 bits per heavy atom. The van der Waals surface area contributed by atoms with Crippen LogP contribution in [0.1, 0.15) is 10.4 Å². The number of sulfonamides is 1. The average molecular weight is 358 g/mol. The number of hydrogen-bond donors (Lipinski definition) is 2. The van der Waals surface area contributed by atoms with E-state index in [-0.39, 0.29) is 23.2 Å². The first kappa shape index (κ1) is 20.7. The highest BCUT2D eigenvalue weighted by Crippen LogP contribution is 2.14. The first-order chi connectivity index (χ1) is 9.59. The van der Waals surface area contributed by atoms with E-state index in [9.17, 15) is 22.0 Å². The molecule has 1 aromatic carbocycles. The Bertz CT molecular complexity index is 607. The molecule has 0 aliphatic rings. The second-order valence-corrected chi connectivity index (χ2v) is 6.38. The van der Waals surface area contributed by atoms with E-state index in [1.54, 1.807) is 18.8 Å². The lowest BCUT2D eigenvalue weighted by atomic mass is 10.2. The summed E-state index contributed by atoms with van der Waals surface area (Å²) in [5.41, 5.74) is 5.13. The Labute approximate surface area is 134 Å². The van der Waals surface area contributed by atoms with Crippen molar-refractivity contribution >= 4 is 28.3 Å². The van der Waals surface area contributed by atoms with Gasteiger partial charge in [0, 0.05) is 19.7 Å². The van der Waals surface area contributed by atoms with Crippen molar-refractivity contribution in [2.24, 2.45) is 5.73 Å². The van der Waals surface area contributed by atoms with Crippen LogP contribution in [0.25, 0.3) is 0 Å². The standard InChI is InChI=1S/C12H17F2N3O3S.ClH/c1-17(2)11(18)9-3-5-10(6-4-9)21(19,20)16-8-12(13,14)7-15;/h3-6,16H,7-8,15H2,1-2H3;1H. The maximum atomic E-state index is 13.0. The summed E-state index contributed by atoms with van der Waals surface area (Å²) in [6.45, 7) is -2.03. The second-order valence-electron chi connectivity index (χ2n) is 4.61. The van der Waals surface area contributed by atoms with E-state index in [1.165, 1.54) is 29.2 Å². The lowest BCUT2D eigenvalue weighted by Gasteiger charge is -2.15. The molecule has 0 spiro atoms. The minimum absolute atomic E-state index is 0. The number of amides is 1. The summed E-state index contributed by atoms with van der Waals surface area (Å²) in [4.78, 5) is 12.8. The van der Waals surface area contributed by atoms with E-state index < -0.39 is 29.0 Å². The van der Waals surface area contributed by atoms with Gasteiger partial charge in [0.2, 0.25) is 10.0 Å². The lowest BCUT2D eigenvalue weighted by Crippen LogP contribution is -2.41. The predicted octanol–water partition coefficient (Wildman–Crippen LogP) is 0.683. The van der Waals surface area contributed by atoms with Gasteiger partial charge in [-0.1, -0.05) is 0 Å². The van der Waals surface area contributed by atoms with Crippen molar-refractivity contribution in [3.05, 3.63) is 29.8 Å². The summed E-state index contributed by atoms with van der Waals surface area (Å²) in [7, 11) is -0.959.